The summed E-state index contributed by atoms with van der Waals surface area (Å²) >= 11 is 0. The van der Waals surface area contributed by atoms with Crippen molar-refractivity contribution in [2.75, 3.05) is 42.9 Å². The van der Waals surface area contributed by atoms with Gasteiger partial charge in [-0.2, -0.15) is 26.3 Å². The summed E-state index contributed by atoms with van der Waals surface area (Å²) in [5, 5.41) is 10.8. The summed E-state index contributed by atoms with van der Waals surface area (Å²) in [5.74, 6) is 0.191. The molecule has 4 heterocycles. The fourth-order valence-electron chi connectivity index (χ4n) is 4.09. The molecule has 0 fully saturated rings. The van der Waals surface area contributed by atoms with Crippen LogP contribution in [0.1, 0.15) is 31.9 Å². The van der Waals surface area contributed by atoms with Gasteiger partial charge in [0.25, 0.3) is 0 Å². The van der Waals surface area contributed by atoms with Crippen LogP contribution in [0.5, 0.6) is 0 Å². The van der Waals surface area contributed by atoms with E-state index in [4.69, 9.17) is 0 Å². The van der Waals surface area contributed by atoms with E-state index >= 15 is 0 Å². The van der Waals surface area contributed by atoms with Gasteiger partial charge in [0, 0.05) is 32.0 Å². The maximum Gasteiger partial charge on any atom is 0.418 e. The first-order chi connectivity index (χ1) is 19.4. The molecule has 0 aliphatic heterocycles. The molecule has 0 aliphatic carbocycles. The highest BCUT2D eigenvalue weighted by molar-refractivity contribution is 5.87. The molecule has 0 unspecified atom stereocenters. The number of nitrogens with one attached hydrogen (secondary N) is 1. The highest BCUT2D eigenvalue weighted by atomic mass is 19.4. The van der Waals surface area contributed by atoms with Crippen LogP contribution in [-0.4, -0.2) is 67.8 Å². The van der Waals surface area contributed by atoms with E-state index in [-0.39, 0.29) is 28.5 Å². The van der Waals surface area contributed by atoms with E-state index in [1.807, 2.05) is 20.8 Å². The first-order valence-corrected chi connectivity index (χ1v) is 12.8. The van der Waals surface area contributed by atoms with Gasteiger partial charge in [0.15, 0.2) is 11.5 Å². The average molecular weight is 580 g/mol. The number of likely N-dealkylation sites (N-methyl/N-ethyl adjacent to an activating group) is 2. The third-order valence-corrected chi connectivity index (χ3v) is 6.42. The van der Waals surface area contributed by atoms with E-state index in [0.717, 1.165) is 37.5 Å². The minimum Gasteiger partial charge on any atom is -0.354 e. The number of halogens is 6. The van der Waals surface area contributed by atoms with Gasteiger partial charge in [-0.25, -0.2) is 19.9 Å². The molecule has 0 radical (unpaired) electrons. The fraction of sp³-hybridized carbons (Fsp3) is 0.385. The molecule has 0 saturated carbocycles. The van der Waals surface area contributed by atoms with Gasteiger partial charge in [-0.1, -0.05) is 13.8 Å². The Hall–Kier alpha value is -4.14. The van der Waals surface area contributed by atoms with Crippen LogP contribution < -0.4 is 10.2 Å². The highest BCUT2D eigenvalue weighted by Crippen LogP contribution is 2.37. The van der Waals surface area contributed by atoms with Gasteiger partial charge in [-0.3, -0.25) is 0 Å². The van der Waals surface area contributed by atoms with E-state index in [0.29, 0.717) is 31.5 Å². The van der Waals surface area contributed by atoms with E-state index in [9.17, 15) is 26.3 Å². The zero-order valence-electron chi connectivity index (χ0n) is 22.4. The quantitative estimate of drug-likeness (QED) is 0.233. The van der Waals surface area contributed by atoms with Crippen molar-refractivity contribution in [1.29, 1.82) is 0 Å². The van der Waals surface area contributed by atoms with Gasteiger partial charge in [0.1, 0.15) is 22.7 Å². The zero-order chi connectivity index (χ0) is 29.8. The third kappa shape index (κ3) is 6.96. The number of pyridine rings is 2. The molecule has 0 aliphatic rings. The summed E-state index contributed by atoms with van der Waals surface area (Å²) in [7, 11) is 0. The number of anilines is 3. The smallest absolute Gasteiger partial charge is 0.354 e. The van der Waals surface area contributed by atoms with Crippen LogP contribution in [0.25, 0.3) is 22.6 Å². The fourth-order valence-corrected chi connectivity index (χ4v) is 4.09. The molecule has 0 spiro atoms. The summed E-state index contributed by atoms with van der Waals surface area (Å²) in [6.45, 7) is 9.07. The van der Waals surface area contributed by atoms with Crippen LogP contribution in [0, 0.1) is 0 Å². The monoisotopic (exact) mass is 579 g/mol. The number of rotatable bonds is 10. The number of alkyl halides is 6. The SMILES string of the molecule is CCN(CC)CCN(CC)c1cc(C(F)(F)F)c(-c2cnc3c(Nc4ccc(C(F)(F)F)cn4)ccnc3n2)nn1. The minimum absolute atomic E-state index is 0.00665. The molecule has 0 saturated heterocycles. The van der Waals surface area contributed by atoms with E-state index in [2.05, 4.69) is 40.3 Å². The van der Waals surface area contributed by atoms with Gasteiger partial charge in [-0.15, -0.1) is 10.2 Å². The molecule has 41 heavy (non-hydrogen) atoms. The van der Waals surface area contributed by atoms with Crippen LogP contribution in [0.15, 0.2) is 42.9 Å². The van der Waals surface area contributed by atoms with Crippen LogP contribution in [0.3, 0.4) is 0 Å². The average Bonchev–Trinajstić information content (AvgIpc) is 2.94. The van der Waals surface area contributed by atoms with Crippen molar-refractivity contribution in [2.24, 2.45) is 0 Å². The van der Waals surface area contributed by atoms with Gasteiger partial charge in [-0.05, 0) is 44.3 Å². The molecule has 4 aromatic rings. The Labute approximate surface area is 231 Å². The lowest BCUT2D eigenvalue weighted by atomic mass is 10.1. The van der Waals surface area contributed by atoms with Crippen LogP contribution >= 0.6 is 0 Å². The van der Waals surface area contributed by atoms with Crippen molar-refractivity contribution in [3.63, 3.8) is 0 Å². The predicted molar refractivity (Wildman–Crippen MR) is 142 cm³/mol. The highest BCUT2D eigenvalue weighted by Gasteiger charge is 2.37. The van der Waals surface area contributed by atoms with Gasteiger partial charge >= 0.3 is 12.4 Å². The van der Waals surface area contributed by atoms with Crippen molar-refractivity contribution in [3.8, 4) is 11.4 Å². The van der Waals surface area contributed by atoms with Crippen molar-refractivity contribution in [1.82, 2.24) is 35.0 Å². The standard InChI is InChI=1S/C26H27F6N9/c1-4-40(5-2)11-12-41(6-3)21-13-17(26(30,31)32)22(39-38-21)19-15-35-23-18(9-10-33-24(23)37-19)36-20-8-7-16(14-34-20)25(27,28)29/h7-10,13-15H,4-6,11-12H2,1-3H3,(H,33,34,36,37). The summed E-state index contributed by atoms with van der Waals surface area (Å²) in [6.07, 6.45) is -6.15. The predicted octanol–water partition coefficient (Wildman–Crippen LogP) is 5.83. The summed E-state index contributed by atoms with van der Waals surface area (Å²) < 4.78 is 81.0. The van der Waals surface area contributed by atoms with Gasteiger partial charge in [0.05, 0.1) is 23.0 Å². The normalized spacial score (nSPS) is 12.2. The molecule has 4 aromatic heterocycles. The lowest BCUT2D eigenvalue weighted by Crippen LogP contribution is -2.35. The topological polar surface area (TPSA) is 95.8 Å². The van der Waals surface area contributed by atoms with Gasteiger partial charge < -0.3 is 15.1 Å². The third-order valence-electron chi connectivity index (χ3n) is 6.42. The van der Waals surface area contributed by atoms with Crippen LogP contribution in [0.2, 0.25) is 0 Å². The first kappa shape index (κ1) is 29.8. The maximum absolute atomic E-state index is 14.2. The maximum atomic E-state index is 14.2. The first-order valence-electron chi connectivity index (χ1n) is 12.8. The Morgan fingerprint density at radius 2 is 1.56 bits per heavy atom. The Morgan fingerprint density at radius 3 is 2.17 bits per heavy atom. The molecule has 218 valence electrons. The Morgan fingerprint density at radius 1 is 0.805 bits per heavy atom. The van der Waals surface area contributed by atoms with Gasteiger partial charge in [0.2, 0.25) is 0 Å². The van der Waals surface area contributed by atoms with Crippen molar-refractivity contribution in [3.05, 3.63) is 54.0 Å². The molecule has 9 nitrogen and oxygen atoms in total. The largest absolute Gasteiger partial charge is 0.418 e. The number of hydrogen-bond acceptors (Lipinski definition) is 9. The number of nitrogens with zero attached hydrogens (tertiary/aromatic N) is 8. The van der Waals surface area contributed by atoms with Crippen molar-refractivity contribution >= 4 is 28.5 Å². The lowest BCUT2D eigenvalue weighted by Gasteiger charge is -2.26. The van der Waals surface area contributed by atoms with E-state index in [1.54, 1.807) is 4.90 Å². The molecule has 0 atom stereocenters. The number of aromatic nitrogens is 6. The molecular formula is C26H27F6N9. The summed E-state index contributed by atoms with van der Waals surface area (Å²) in [4.78, 5) is 20.2. The Balaban J connectivity index is 1.66. The Kier molecular flexibility index (Phi) is 8.85. The van der Waals surface area contributed by atoms with Crippen LogP contribution in [-0.2, 0) is 12.4 Å². The number of hydrogen-bond donors (Lipinski definition) is 1. The van der Waals surface area contributed by atoms with Crippen molar-refractivity contribution < 1.29 is 26.3 Å². The zero-order valence-corrected chi connectivity index (χ0v) is 22.4. The molecule has 0 amide bonds. The molecule has 4 rings (SSSR count). The molecule has 15 heteroatoms. The molecule has 1 N–H and O–H groups in total. The summed E-state index contributed by atoms with van der Waals surface area (Å²) in [6, 6.07) is 4.46. The number of fused-ring (bicyclic) bond motifs is 1. The van der Waals surface area contributed by atoms with Crippen molar-refractivity contribution in [2.45, 2.75) is 33.1 Å². The summed E-state index contributed by atoms with van der Waals surface area (Å²) in [5.41, 5.74) is -2.15. The van der Waals surface area contributed by atoms with Crippen LogP contribution in [0.4, 0.5) is 43.7 Å². The van der Waals surface area contributed by atoms with E-state index < -0.39 is 29.2 Å². The second-order valence-electron chi connectivity index (χ2n) is 8.91. The molecule has 0 aromatic carbocycles. The second-order valence-corrected chi connectivity index (χ2v) is 8.91. The molecular weight excluding hydrogens is 552 g/mol. The lowest BCUT2D eigenvalue weighted by molar-refractivity contribution is -0.138. The minimum atomic E-state index is -4.75. The van der Waals surface area contributed by atoms with E-state index in [1.165, 1.54) is 12.3 Å². The second kappa shape index (κ2) is 12.2. The Bertz CT molecular complexity index is 1470. The molecule has 0 bridgehead atoms.